The third-order valence-corrected chi connectivity index (χ3v) is 3.79. The van der Waals surface area contributed by atoms with Crippen molar-refractivity contribution in [2.24, 2.45) is 5.41 Å². The molecule has 2 nitrogen and oxygen atoms in total. The fraction of sp³-hybridized carbons (Fsp3) is 0.923. The van der Waals surface area contributed by atoms with Crippen LogP contribution in [0.25, 0.3) is 0 Å². The topological polar surface area (TPSA) is 29.1 Å². The van der Waals surface area contributed by atoms with Gasteiger partial charge in [-0.1, -0.05) is 26.2 Å². The van der Waals surface area contributed by atoms with E-state index in [1.165, 1.54) is 19.3 Å². The maximum atomic E-state index is 12.0. The minimum absolute atomic E-state index is 0.106. The molecule has 0 aromatic rings. The van der Waals surface area contributed by atoms with Crippen molar-refractivity contribution in [1.82, 2.24) is 5.32 Å². The number of carbonyl (C=O) groups excluding carboxylic acids is 1. The number of carbonyl (C=O) groups is 1. The van der Waals surface area contributed by atoms with E-state index in [4.69, 9.17) is 11.6 Å². The summed E-state index contributed by atoms with van der Waals surface area (Å²) in [5.74, 6) is 0.245. The van der Waals surface area contributed by atoms with E-state index in [0.717, 1.165) is 32.2 Å². The number of amides is 1. The summed E-state index contributed by atoms with van der Waals surface area (Å²) >= 11 is 5.86. The van der Waals surface area contributed by atoms with Gasteiger partial charge in [0.15, 0.2) is 0 Å². The van der Waals surface area contributed by atoms with E-state index in [9.17, 15) is 4.79 Å². The second-order valence-corrected chi connectivity index (χ2v) is 6.05. The molecule has 0 bridgehead atoms. The van der Waals surface area contributed by atoms with Crippen LogP contribution in [0.2, 0.25) is 0 Å². The molecular weight excluding hydrogens is 222 g/mol. The van der Waals surface area contributed by atoms with Crippen LogP contribution in [0.4, 0.5) is 0 Å². The molecule has 16 heavy (non-hydrogen) atoms. The van der Waals surface area contributed by atoms with Crippen molar-refractivity contribution in [3.05, 3.63) is 0 Å². The van der Waals surface area contributed by atoms with E-state index in [1.807, 2.05) is 6.92 Å². The van der Waals surface area contributed by atoms with Crippen molar-refractivity contribution >= 4 is 17.5 Å². The highest BCUT2D eigenvalue weighted by Crippen LogP contribution is 2.35. The van der Waals surface area contributed by atoms with Gasteiger partial charge in [-0.15, -0.1) is 11.6 Å². The summed E-state index contributed by atoms with van der Waals surface area (Å²) in [5, 5.41) is 3.26. The third kappa shape index (κ3) is 4.32. The Morgan fingerprint density at radius 2 is 2.00 bits per heavy atom. The second-order valence-electron chi connectivity index (χ2n) is 5.30. The molecule has 1 saturated carbocycles. The van der Waals surface area contributed by atoms with Crippen molar-refractivity contribution in [2.75, 3.05) is 6.54 Å². The molecule has 0 saturated heterocycles. The molecule has 94 valence electrons. The Kier molecular flexibility index (Phi) is 5.60. The van der Waals surface area contributed by atoms with E-state index in [1.54, 1.807) is 0 Å². The Bertz CT molecular complexity index is 222. The maximum absolute atomic E-state index is 12.0. The Morgan fingerprint density at radius 3 is 2.56 bits per heavy atom. The highest BCUT2D eigenvalue weighted by Gasteiger charge is 2.33. The number of alkyl halides is 1. The van der Waals surface area contributed by atoms with Gasteiger partial charge in [-0.05, 0) is 32.6 Å². The van der Waals surface area contributed by atoms with E-state index in [0.29, 0.717) is 0 Å². The van der Waals surface area contributed by atoms with E-state index >= 15 is 0 Å². The Labute approximate surface area is 104 Å². The number of nitrogens with one attached hydrogen (secondary N) is 1. The highest BCUT2D eigenvalue weighted by atomic mass is 35.5. The van der Waals surface area contributed by atoms with Gasteiger partial charge in [0.25, 0.3) is 0 Å². The quantitative estimate of drug-likeness (QED) is 0.583. The van der Waals surface area contributed by atoms with Crippen LogP contribution in [0.1, 0.15) is 58.8 Å². The van der Waals surface area contributed by atoms with Crippen molar-refractivity contribution in [1.29, 1.82) is 0 Å². The summed E-state index contributed by atoms with van der Waals surface area (Å²) in [6.07, 6.45) is 7.72. The first-order valence-corrected chi connectivity index (χ1v) is 6.91. The number of hydrogen-bond acceptors (Lipinski definition) is 1. The standard InChI is InChI=1S/C13H24ClNO/c1-11(14)7-6-10-15-12(16)13(2)8-4-3-5-9-13/h11H,3-10H2,1-2H3,(H,15,16). The van der Waals surface area contributed by atoms with Gasteiger partial charge < -0.3 is 5.32 Å². The molecule has 0 aromatic heterocycles. The number of hydrogen-bond donors (Lipinski definition) is 1. The van der Waals surface area contributed by atoms with Gasteiger partial charge in [-0.2, -0.15) is 0 Å². The Morgan fingerprint density at radius 1 is 1.38 bits per heavy atom. The summed E-state index contributed by atoms with van der Waals surface area (Å²) < 4.78 is 0. The predicted molar refractivity (Wildman–Crippen MR) is 68.8 cm³/mol. The van der Waals surface area contributed by atoms with Crippen LogP contribution in [0, 0.1) is 5.41 Å². The highest BCUT2D eigenvalue weighted by molar-refractivity contribution is 6.20. The zero-order chi connectivity index (χ0) is 12.0. The number of rotatable bonds is 5. The molecule has 1 amide bonds. The lowest BCUT2D eigenvalue weighted by atomic mass is 9.75. The van der Waals surface area contributed by atoms with Gasteiger partial charge in [0.1, 0.15) is 0 Å². The number of halogens is 1. The Hall–Kier alpha value is -0.240. The van der Waals surface area contributed by atoms with Crippen LogP contribution < -0.4 is 5.32 Å². The van der Waals surface area contributed by atoms with Crippen molar-refractivity contribution in [2.45, 2.75) is 64.2 Å². The van der Waals surface area contributed by atoms with E-state index < -0.39 is 0 Å². The van der Waals surface area contributed by atoms with Gasteiger partial charge in [0, 0.05) is 17.3 Å². The zero-order valence-corrected chi connectivity index (χ0v) is 11.3. The molecule has 0 radical (unpaired) electrons. The first-order valence-electron chi connectivity index (χ1n) is 6.47. The van der Waals surface area contributed by atoms with Gasteiger partial charge in [0.2, 0.25) is 5.91 Å². The lowest BCUT2D eigenvalue weighted by Crippen LogP contribution is -2.40. The van der Waals surface area contributed by atoms with Gasteiger partial charge in [-0.25, -0.2) is 0 Å². The molecule has 0 spiro atoms. The first-order chi connectivity index (χ1) is 7.54. The Balaban J connectivity index is 2.23. The molecule has 0 aromatic carbocycles. The predicted octanol–water partition coefficient (Wildman–Crippen LogP) is 3.48. The molecule has 1 rings (SSSR count). The normalized spacial score (nSPS) is 21.4. The van der Waals surface area contributed by atoms with Crippen LogP contribution in [0.3, 0.4) is 0 Å². The van der Waals surface area contributed by atoms with Crippen LogP contribution in [-0.2, 0) is 4.79 Å². The fourth-order valence-corrected chi connectivity index (χ4v) is 2.51. The SMILES string of the molecule is CC(Cl)CCCNC(=O)C1(C)CCCCC1. The fourth-order valence-electron chi connectivity index (χ4n) is 2.36. The monoisotopic (exact) mass is 245 g/mol. The summed E-state index contributed by atoms with van der Waals surface area (Å²) in [6.45, 7) is 4.86. The minimum atomic E-state index is -0.106. The van der Waals surface area contributed by atoms with Gasteiger partial charge in [0.05, 0.1) is 0 Å². The molecule has 1 N–H and O–H groups in total. The first kappa shape index (κ1) is 13.8. The average molecular weight is 246 g/mol. The van der Waals surface area contributed by atoms with Crippen molar-refractivity contribution in [3.63, 3.8) is 0 Å². The summed E-state index contributed by atoms with van der Waals surface area (Å²) in [5.41, 5.74) is -0.106. The third-order valence-electron chi connectivity index (χ3n) is 3.57. The van der Waals surface area contributed by atoms with Crippen LogP contribution in [0.15, 0.2) is 0 Å². The van der Waals surface area contributed by atoms with Crippen LogP contribution in [-0.4, -0.2) is 17.8 Å². The average Bonchev–Trinajstić information content (AvgIpc) is 2.25. The second kappa shape index (κ2) is 6.48. The van der Waals surface area contributed by atoms with Crippen molar-refractivity contribution in [3.8, 4) is 0 Å². The molecular formula is C13H24ClNO. The molecule has 1 unspecified atom stereocenters. The summed E-state index contributed by atoms with van der Waals surface area (Å²) in [4.78, 5) is 12.0. The molecule has 1 aliphatic rings. The largest absolute Gasteiger partial charge is 0.356 e. The van der Waals surface area contributed by atoms with Crippen molar-refractivity contribution < 1.29 is 4.79 Å². The summed E-state index contributed by atoms with van der Waals surface area (Å²) in [6, 6.07) is 0. The molecule has 1 aliphatic carbocycles. The molecule has 1 fully saturated rings. The van der Waals surface area contributed by atoms with Gasteiger partial charge >= 0.3 is 0 Å². The maximum Gasteiger partial charge on any atom is 0.225 e. The van der Waals surface area contributed by atoms with E-state index in [2.05, 4.69) is 12.2 Å². The van der Waals surface area contributed by atoms with Crippen LogP contribution >= 0.6 is 11.6 Å². The summed E-state index contributed by atoms with van der Waals surface area (Å²) in [7, 11) is 0. The van der Waals surface area contributed by atoms with Gasteiger partial charge in [-0.3, -0.25) is 4.79 Å². The lowest BCUT2D eigenvalue weighted by Gasteiger charge is -2.32. The van der Waals surface area contributed by atoms with E-state index in [-0.39, 0.29) is 16.7 Å². The zero-order valence-electron chi connectivity index (χ0n) is 10.5. The molecule has 0 heterocycles. The van der Waals surface area contributed by atoms with Crippen LogP contribution in [0.5, 0.6) is 0 Å². The smallest absolute Gasteiger partial charge is 0.225 e. The lowest BCUT2D eigenvalue weighted by molar-refractivity contribution is -0.131. The molecule has 1 atom stereocenters. The molecule has 3 heteroatoms. The molecule has 0 aliphatic heterocycles. The minimum Gasteiger partial charge on any atom is -0.356 e.